The normalized spacial score (nSPS) is 17.7. The van der Waals surface area contributed by atoms with Crippen molar-refractivity contribution in [2.45, 2.75) is 18.8 Å². The van der Waals surface area contributed by atoms with Crippen LogP contribution in [0.5, 0.6) is 5.75 Å². The van der Waals surface area contributed by atoms with E-state index >= 15 is 0 Å². The molecule has 0 saturated heterocycles. The first-order valence-electron chi connectivity index (χ1n) is 5.35. The summed E-state index contributed by atoms with van der Waals surface area (Å²) in [7, 11) is 1.64. The molecule has 86 valence electrons. The van der Waals surface area contributed by atoms with E-state index in [2.05, 4.69) is 5.32 Å². The number of carboxylic acid groups (broad SMARTS) is 1. The lowest BCUT2D eigenvalue weighted by Crippen LogP contribution is -2.05. The molecule has 16 heavy (non-hydrogen) atoms. The summed E-state index contributed by atoms with van der Waals surface area (Å²) in [6.45, 7) is 0.795. The standard InChI is InChI=1S/C12H15NO3/c1-16-10-4-2-3-9-8(5-6-11(14)15)7-13-12(9)10/h2-4,8,13H,5-7H2,1H3,(H,14,15). The molecule has 1 aromatic rings. The van der Waals surface area contributed by atoms with Gasteiger partial charge in [-0.3, -0.25) is 4.79 Å². The number of carboxylic acids is 1. The highest BCUT2D eigenvalue weighted by atomic mass is 16.5. The van der Waals surface area contributed by atoms with Crippen LogP contribution >= 0.6 is 0 Å². The Morgan fingerprint density at radius 1 is 1.62 bits per heavy atom. The van der Waals surface area contributed by atoms with Gasteiger partial charge in [-0.25, -0.2) is 0 Å². The van der Waals surface area contributed by atoms with Crippen molar-refractivity contribution in [3.05, 3.63) is 23.8 Å². The number of carbonyl (C=O) groups is 1. The fourth-order valence-corrected chi connectivity index (χ4v) is 2.14. The average molecular weight is 221 g/mol. The van der Waals surface area contributed by atoms with Gasteiger partial charge in [-0.2, -0.15) is 0 Å². The summed E-state index contributed by atoms with van der Waals surface area (Å²) in [5.41, 5.74) is 2.18. The van der Waals surface area contributed by atoms with Gasteiger partial charge in [-0.05, 0) is 18.1 Å². The monoisotopic (exact) mass is 221 g/mol. The van der Waals surface area contributed by atoms with Crippen LogP contribution in [0, 0.1) is 0 Å². The van der Waals surface area contributed by atoms with E-state index in [4.69, 9.17) is 9.84 Å². The van der Waals surface area contributed by atoms with Crippen LogP contribution in [0.15, 0.2) is 18.2 Å². The van der Waals surface area contributed by atoms with E-state index in [-0.39, 0.29) is 12.3 Å². The van der Waals surface area contributed by atoms with Crippen LogP contribution in [0.2, 0.25) is 0 Å². The second-order valence-electron chi connectivity index (χ2n) is 3.93. The summed E-state index contributed by atoms with van der Waals surface area (Å²) in [6, 6.07) is 5.88. The summed E-state index contributed by atoms with van der Waals surface area (Å²) in [5, 5.41) is 12.0. The molecule has 1 aliphatic rings. The molecule has 0 amide bonds. The fraction of sp³-hybridized carbons (Fsp3) is 0.417. The Kier molecular flexibility index (Phi) is 2.99. The molecular weight excluding hydrogens is 206 g/mol. The summed E-state index contributed by atoms with van der Waals surface area (Å²) in [6.07, 6.45) is 0.880. The maximum absolute atomic E-state index is 10.5. The predicted molar refractivity (Wildman–Crippen MR) is 61.1 cm³/mol. The molecule has 0 saturated carbocycles. The third kappa shape index (κ3) is 1.96. The highest BCUT2D eigenvalue weighted by Crippen LogP contribution is 2.40. The number of para-hydroxylation sites is 1. The van der Waals surface area contributed by atoms with Gasteiger partial charge in [0.2, 0.25) is 0 Å². The summed E-state index contributed by atoms with van der Waals surface area (Å²) >= 11 is 0. The molecule has 1 heterocycles. The molecule has 0 aromatic heterocycles. The predicted octanol–water partition coefficient (Wildman–Crippen LogP) is 2.07. The number of hydrogen-bond donors (Lipinski definition) is 2. The lowest BCUT2D eigenvalue weighted by atomic mass is 9.96. The largest absolute Gasteiger partial charge is 0.495 e. The minimum absolute atomic E-state index is 0.211. The van der Waals surface area contributed by atoms with Gasteiger partial charge in [0.05, 0.1) is 12.8 Å². The summed E-state index contributed by atoms with van der Waals surface area (Å²) in [5.74, 6) is 0.368. The van der Waals surface area contributed by atoms with E-state index in [1.54, 1.807) is 7.11 Å². The molecule has 0 radical (unpaired) electrons. The number of methoxy groups -OCH3 is 1. The van der Waals surface area contributed by atoms with E-state index in [0.717, 1.165) is 18.0 Å². The van der Waals surface area contributed by atoms with Gasteiger partial charge in [0.1, 0.15) is 5.75 Å². The maximum Gasteiger partial charge on any atom is 0.303 e. The first kappa shape index (κ1) is 10.8. The van der Waals surface area contributed by atoms with Crippen molar-refractivity contribution in [1.29, 1.82) is 0 Å². The first-order chi connectivity index (χ1) is 7.72. The molecule has 1 unspecified atom stereocenters. The van der Waals surface area contributed by atoms with Crippen LogP contribution in [0.3, 0.4) is 0 Å². The number of hydrogen-bond acceptors (Lipinski definition) is 3. The van der Waals surface area contributed by atoms with Gasteiger partial charge in [-0.15, -0.1) is 0 Å². The fourth-order valence-electron chi connectivity index (χ4n) is 2.14. The van der Waals surface area contributed by atoms with Crippen molar-refractivity contribution in [2.75, 3.05) is 19.0 Å². The molecular formula is C12H15NO3. The second-order valence-corrected chi connectivity index (χ2v) is 3.93. The number of ether oxygens (including phenoxy) is 1. The lowest BCUT2D eigenvalue weighted by molar-refractivity contribution is -0.137. The van der Waals surface area contributed by atoms with Crippen molar-refractivity contribution >= 4 is 11.7 Å². The number of aliphatic carboxylic acids is 1. The van der Waals surface area contributed by atoms with E-state index in [1.165, 1.54) is 5.56 Å². The number of rotatable bonds is 4. The zero-order valence-corrected chi connectivity index (χ0v) is 9.19. The third-order valence-corrected chi connectivity index (χ3v) is 2.95. The maximum atomic E-state index is 10.5. The minimum atomic E-state index is -0.739. The van der Waals surface area contributed by atoms with Gasteiger partial charge in [0.15, 0.2) is 0 Å². The Balaban J connectivity index is 2.16. The SMILES string of the molecule is COc1cccc2c1NCC2CCC(=O)O. The van der Waals surface area contributed by atoms with Crippen LogP contribution in [-0.2, 0) is 4.79 Å². The van der Waals surface area contributed by atoms with E-state index in [1.807, 2.05) is 18.2 Å². The van der Waals surface area contributed by atoms with Gasteiger partial charge in [0.25, 0.3) is 0 Å². The van der Waals surface area contributed by atoms with E-state index in [0.29, 0.717) is 6.42 Å². The van der Waals surface area contributed by atoms with Crippen molar-refractivity contribution in [3.63, 3.8) is 0 Å². The minimum Gasteiger partial charge on any atom is -0.495 e. The highest BCUT2D eigenvalue weighted by molar-refractivity contribution is 5.69. The number of benzene rings is 1. The quantitative estimate of drug-likeness (QED) is 0.817. The molecule has 0 fully saturated rings. The Morgan fingerprint density at radius 2 is 2.44 bits per heavy atom. The Hall–Kier alpha value is -1.71. The van der Waals surface area contributed by atoms with Crippen molar-refractivity contribution in [3.8, 4) is 5.75 Å². The third-order valence-electron chi connectivity index (χ3n) is 2.95. The number of fused-ring (bicyclic) bond motifs is 1. The zero-order chi connectivity index (χ0) is 11.5. The van der Waals surface area contributed by atoms with Crippen molar-refractivity contribution < 1.29 is 14.6 Å². The van der Waals surface area contributed by atoms with Gasteiger partial charge >= 0.3 is 5.97 Å². The average Bonchev–Trinajstić information content (AvgIpc) is 2.69. The molecule has 1 atom stereocenters. The van der Waals surface area contributed by atoms with Crippen LogP contribution in [0.1, 0.15) is 24.3 Å². The molecule has 4 nitrogen and oxygen atoms in total. The Bertz CT molecular complexity index is 403. The topological polar surface area (TPSA) is 58.6 Å². The first-order valence-corrected chi connectivity index (χ1v) is 5.35. The molecule has 1 aromatic carbocycles. The van der Waals surface area contributed by atoms with Gasteiger partial charge in [-0.1, -0.05) is 12.1 Å². The van der Waals surface area contributed by atoms with Crippen LogP contribution in [0.4, 0.5) is 5.69 Å². The Morgan fingerprint density at radius 3 is 3.12 bits per heavy atom. The highest BCUT2D eigenvalue weighted by Gasteiger charge is 2.24. The Labute approximate surface area is 94.2 Å². The molecule has 0 spiro atoms. The molecule has 4 heteroatoms. The summed E-state index contributed by atoms with van der Waals surface area (Å²) in [4.78, 5) is 10.5. The van der Waals surface area contributed by atoms with Crippen LogP contribution < -0.4 is 10.1 Å². The van der Waals surface area contributed by atoms with E-state index in [9.17, 15) is 4.79 Å². The van der Waals surface area contributed by atoms with Crippen LogP contribution in [0.25, 0.3) is 0 Å². The smallest absolute Gasteiger partial charge is 0.303 e. The second kappa shape index (κ2) is 4.43. The molecule has 0 aliphatic carbocycles. The molecule has 2 N–H and O–H groups in total. The van der Waals surface area contributed by atoms with Gasteiger partial charge in [0, 0.05) is 18.9 Å². The zero-order valence-electron chi connectivity index (χ0n) is 9.19. The molecule has 0 bridgehead atoms. The van der Waals surface area contributed by atoms with Crippen LogP contribution in [-0.4, -0.2) is 24.7 Å². The number of anilines is 1. The van der Waals surface area contributed by atoms with Crippen molar-refractivity contribution in [1.82, 2.24) is 0 Å². The summed E-state index contributed by atoms with van der Waals surface area (Å²) < 4.78 is 5.25. The van der Waals surface area contributed by atoms with E-state index < -0.39 is 5.97 Å². The lowest BCUT2D eigenvalue weighted by Gasteiger charge is -2.09. The molecule has 2 rings (SSSR count). The molecule has 1 aliphatic heterocycles. The van der Waals surface area contributed by atoms with Crippen molar-refractivity contribution in [2.24, 2.45) is 0 Å². The number of nitrogens with one attached hydrogen (secondary N) is 1. The van der Waals surface area contributed by atoms with Gasteiger partial charge < -0.3 is 15.2 Å².